The summed E-state index contributed by atoms with van der Waals surface area (Å²) >= 11 is 9.65. The van der Waals surface area contributed by atoms with Gasteiger partial charge in [-0.3, -0.25) is 14.5 Å². The van der Waals surface area contributed by atoms with Crippen LogP contribution in [0.1, 0.15) is 11.3 Å². The summed E-state index contributed by atoms with van der Waals surface area (Å²) in [6.07, 6.45) is 1.58. The van der Waals surface area contributed by atoms with Crippen molar-refractivity contribution < 1.29 is 19.1 Å². The predicted octanol–water partition coefficient (Wildman–Crippen LogP) is 4.30. The van der Waals surface area contributed by atoms with Crippen molar-refractivity contribution in [1.82, 2.24) is 4.90 Å². The van der Waals surface area contributed by atoms with Crippen LogP contribution in [0, 0.1) is 6.92 Å². The van der Waals surface area contributed by atoms with Crippen molar-refractivity contribution in [2.24, 2.45) is 0 Å². The summed E-state index contributed by atoms with van der Waals surface area (Å²) in [5.41, 5.74) is 2.04. The molecule has 0 radical (unpaired) electrons. The molecule has 2 aromatic rings. The third kappa shape index (κ3) is 3.86. The zero-order chi connectivity index (χ0) is 18.1. The van der Waals surface area contributed by atoms with Gasteiger partial charge >= 0.3 is 5.97 Å². The zero-order valence-corrected chi connectivity index (χ0v) is 16.2. The first kappa shape index (κ1) is 17.9. The molecule has 3 rings (SSSR count). The zero-order valence-electron chi connectivity index (χ0n) is 13.0. The van der Waals surface area contributed by atoms with E-state index in [0.29, 0.717) is 16.4 Å². The molecule has 8 heteroatoms. The van der Waals surface area contributed by atoms with E-state index in [4.69, 9.17) is 21.7 Å². The highest BCUT2D eigenvalue weighted by Gasteiger charge is 2.33. The number of halogens is 1. The van der Waals surface area contributed by atoms with Gasteiger partial charge in [0.25, 0.3) is 5.91 Å². The number of carboxylic acids is 1. The number of thiocarbonyl (C=S) groups is 1. The van der Waals surface area contributed by atoms with Gasteiger partial charge in [-0.25, -0.2) is 0 Å². The van der Waals surface area contributed by atoms with Crippen LogP contribution in [0.15, 0.2) is 44.1 Å². The molecule has 1 aliphatic rings. The molecule has 1 aliphatic heterocycles. The maximum atomic E-state index is 12.3. The summed E-state index contributed by atoms with van der Waals surface area (Å²) in [5, 5.41) is 8.86. The van der Waals surface area contributed by atoms with Crippen LogP contribution in [-0.2, 0) is 9.59 Å². The quantitative estimate of drug-likeness (QED) is 0.567. The Kier molecular flexibility index (Phi) is 5.12. The number of furan rings is 1. The Morgan fingerprint density at radius 2 is 2.16 bits per heavy atom. The summed E-state index contributed by atoms with van der Waals surface area (Å²) in [7, 11) is 0. The number of nitrogens with zero attached hydrogens (tertiary/aromatic N) is 1. The summed E-state index contributed by atoms with van der Waals surface area (Å²) in [6, 6.07) is 9.51. The number of amides is 1. The number of carboxylic acid groups (broad SMARTS) is 1. The number of thioether (sulfide) groups is 1. The lowest BCUT2D eigenvalue weighted by molar-refractivity contribution is -0.140. The third-order valence-electron chi connectivity index (χ3n) is 3.46. The number of aryl methyl sites for hydroxylation is 1. The monoisotopic (exact) mass is 437 g/mol. The van der Waals surface area contributed by atoms with E-state index in [1.165, 1.54) is 0 Å². The van der Waals surface area contributed by atoms with Crippen molar-refractivity contribution >= 4 is 62.2 Å². The van der Waals surface area contributed by atoms with Crippen molar-refractivity contribution in [3.8, 4) is 11.3 Å². The summed E-state index contributed by atoms with van der Waals surface area (Å²) in [4.78, 5) is 24.5. The molecule has 0 bridgehead atoms. The van der Waals surface area contributed by atoms with Crippen LogP contribution in [0.2, 0.25) is 0 Å². The molecule has 1 amide bonds. The van der Waals surface area contributed by atoms with Gasteiger partial charge in [-0.05, 0) is 36.8 Å². The maximum Gasteiger partial charge on any atom is 0.323 e. The van der Waals surface area contributed by atoms with Gasteiger partial charge in [0, 0.05) is 16.1 Å². The highest BCUT2D eigenvalue weighted by atomic mass is 79.9. The van der Waals surface area contributed by atoms with Crippen LogP contribution in [0.5, 0.6) is 0 Å². The van der Waals surface area contributed by atoms with Crippen molar-refractivity contribution in [2.75, 3.05) is 6.54 Å². The van der Waals surface area contributed by atoms with E-state index >= 15 is 0 Å². The van der Waals surface area contributed by atoms with Crippen molar-refractivity contribution in [1.29, 1.82) is 0 Å². The lowest BCUT2D eigenvalue weighted by atomic mass is 10.1. The Morgan fingerprint density at radius 1 is 1.40 bits per heavy atom. The Bertz CT molecular complexity index is 919. The fourth-order valence-corrected chi connectivity index (χ4v) is 4.22. The number of carbonyl (C=O) groups is 2. The van der Waals surface area contributed by atoms with E-state index in [2.05, 4.69) is 15.9 Å². The minimum Gasteiger partial charge on any atom is -0.480 e. The number of benzene rings is 1. The van der Waals surface area contributed by atoms with Gasteiger partial charge in [-0.15, -0.1) is 0 Å². The molecule has 1 aromatic carbocycles. The second-order valence-corrected chi connectivity index (χ2v) is 7.88. The van der Waals surface area contributed by atoms with E-state index in [1.54, 1.807) is 12.1 Å². The molecule has 1 fully saturated rings. The van der Waals surface area contributed by atoms with Gasteiger partial charge in [-0.2, -0.15) is 0 Å². The Labute approximate surface area is 161 Å². The maximum absolute atomic E-state index is 12.3. The molecule has 0 aliphatic carbocycles. The molecule has 2 heterocycles. The van der Waals surface area contributed by atoms with E-state index in [0.717, 1.165) is 32.3 Å². The number of rotatable bonds is 4. The van der Waals surface area contributed by atoms with Crippen LogP contribution in [-0.4, -0.2) is 32.7 Å². The normalized spacial score (nSPS) is 16.1. The van der Waals surface area contributed by atoms with Gasteiger partial charge < -0.3 is 9.52 Å². The van der Waals surface area contributed by atoms with E-state index < -0.39 is 18.4 Å². The number of aliphatic carboxylic acids is 1. The van der Waals surface area contributed by atoms with Gasteiger partial charge in [0.15, 0.2) is 0 Å². The van der Waals surface area contributed by atoms with Crippen LogP contribution < -0.4 is 0 Å². The molecule has 128 valence electrons. The van der Waals surface area contributed by atoms with E-state index in [1.807, 2.05) is 31.2 Å². The average Bonchev–Trinajstić information content (AvgIpc) is 3.08. The minimum absolute atomic E-state index is 0.228. The summed E-state index contributed by atoms with van der Waals surface area (Å²) in [6.45, 7) is 1.56. The van der Waals surface area contributed by atoms with Crippen molar-refractivity contribution in [2.45, 2.75) is 6.92 Å². The SMILES string of the molecule is Cc1ccc(-c2ccc(C=C3SC(=S)N(CC(=O)O)C3=O)o2)c(Br)c1. The molecule has 25 heavy (non-hydrogen) atoms. The smallest absolute Gasteiger partial charge is 0.323 e. The van der Waals surface area contributed by atoms with Gasteiger partial charge in [-0.1, -0.05) is 46.0 Å². The standard InChI is InChI=1S/C17H12BrNO4S2/c1-9-2-4-11(12(18)6-9)13-5-3-10(23-13)7-14-16(22)19(8-15(20)21)17(24)25-14/h2-7H,8H2,1H3,(H,20,21). The summed E-state index contributed by atoms with van der Waals surface area (Å²) in [5.74, 6) is -0.369. The Hall–Kier alpha value is -1.90. The summed E-state index contributed by atoms with van der Waals surface area (Å²) < 4.78 is 6.95. The van der Waals surface area contributed by atoms with Crippen molar-refractivity contribution in [3.05, 3.63) is 51.0 Å². The first-order valence-corrected chi connectivity index (χ1v) is 9.20. The lowest BCUT2D eigenvalue weighted by Crippen LogP contribution is -2.33. The molecule has 0 saturated carbocycles. The van der Waals surface area contributed by atoms with Crippen LogP contribution in [0.3, 0.4) is 0 Å². The fraction of sp³-hybridized carbons (Fsp3) is 0.118. The second-order valence-electron chi connectivity index (χ2n) is 5.35. The molecular formula is C17H12BrNO4S2. The topological polar surface area (TPSA) is 70.8 Å². The second kappa shape index (κ2) is 7.15. The Balaban J connectivity index is 1.86. The lowest BCUT2D eigenvalue weighted by Gasteiger charge is -2.09. The van der Waals surface area contributed by atoms with Crippen LogP contribution >= 0.6 is 39.9 Å². The van der Waals surface area contributed by atoms with Gasteiger partial charge in [0.05, 0.1) is 4.91 Å². The number of carbonyl (C=O) groups excluding carboxylic acids is 1. The fourth-order valence-electron chi connectivity index (χ4n) is 2.30. The molecular weight excluding hydrogens is 426 g/mol. The first-order valence-electron chi connectivity index (χ1n) is 7.18. The third-order valence-corrected chi connectivity index (χ3v) is 5.49. The predicted molar refractivity (Wildman–Crippen MR) is 104 cm³/mol. The number of hydrogen-bond acceptors (Lipinski definition) is 5. The van der Waals surface area contributed by atoms with Gasteiger partial charge in [0.2, 0.25) is 0 Å². The molecule has 0 spiro atoms. The van der Waals surface area contributed by atoms with Crippen LogP contribution in [0.25, 0.3) is 17.4 Å². The number of hydrogen-bond donors (Lipinski definition) is 1. The van der Waals surface area contributed by atoms with Gasteiger partial charge in [0.1, 0.15) is 22.4 Å². The van der Waals surface area contributed by atoms with E-state index in [9.17, 15) is 9.59 Å². The average molecular weight is 438 g/mol. The molecule has 1 saturated heterocycles. The largest absolute Gasteiger partial charge is 0.480 e. The molecule has 0 unspecified atom stereocenters. The van der Waals surface area contributed by atoms with E-state index in [-0.39, 0.29) is 4.32 Å². The molecule has 5 nitrogen and oxygen atoms in total. The van der Waals surface area contributed by atoms with Crippen LogP contribution in [0.4, 0.5) is 0 Å². The highest BCUT2D eigenvalue weighted by Crippen LogP contribution is 2.34. The minimum atomic E-state index is -1.11. The molecule has 0 atom stereocenters. The van der Waals surface area contributed by atoms with Crippen molar-refractivity contribution in [3.63, 3.8) is 0 Å². The highest BCUT2D eigenvalue weighted by molar-refractivity contribution is 9.10. The Morgan fingerprint density at radius 3 is 2.84 bits per heavy atom. The molecule has 1 aromatic heterocycles. The molecule has 1 N–H and O–H groups in total. The first-order chi connectivity index (χ1) is 11.8.